The van der Waals surface area contributed by atoms with E-state index in [9.17, 15) is 35.9 Å². The molecule has 3 aromatic rings. The second-order valence-corrected chi connectivity index (χ2v) is 10.8. The number of halogens is 6. The van der Waals surface area contributed by atoms with E-state index in [2.05, 4.69) is 10.6 Å². The molecule has 2 N–H and O–H groups in total. The molecule has 40 heavy (non-hydrogen) atoms. The molecule has 2 heterocycles. The molecule has 0 unspecified atom stereocenters. The maximum Gasteiger partial charge on any atom is 0.416 e. The summed E-state index contributed by atoms with van der Waals surface area (Å²) in [4.78, 5) is 26.0. The van der Waals surface area contributed by atoms with Gasteiger partial charge in [-0.25, -0.2) is 0 Å². The van der Waals surface area contributed by atoms with Crippen molar-refractivity contribution < 1.29 is 31.1 Å². The molecule has 1 aromatic heterocycles. The minimum Gasteiger partial charge on any atom is -0.352 e. The zero-order chi connectivity index (χ0) is 28.8. The summed E-state index contributed by atoms with van der Waals surface area (Å²) in [5.41, 5.74) is -0.885. The Kier molecular flexibility index (Phi) is 7.45. The molecular formula is C29H29F6N3O2. The molecule has 5 nitrogen and oxygen atoms in total. The van der Waals surface area contributed by atoms with Gasteiger partial charge in [-0.05, 0) is 98.1 Å². The van der Waals surface area contributed by atoms with Crippen LogP contribution in [0.3, 0.4) is 0 Å². The third-order valence-electron chi connectivity index (χ3n) is 7.68. The molecule has 0 atom stereocenters. The van der Waals surface area contributed by atoms with E-state index in [1.165, 1.54) is 10.6 Å². The second kappa shape index (κ2) is 10.6. The van der Waals surface area contributed by atoms with Crippen LogP contribution in [0.2, 0.25) is 0 Å². The van der Waals surface area contributed by atoms with Crippen LogP contribution in [0.1, 0.15) is 65.0 Å². The standard InChI is InChI=1S/C29H29F6N3O2/c1-16-8-17(14-37-27(40)20-4-6-36-7-5-20)11-24-26(16)23(19-2-3-19)13-25(39)38(24)15-18-9-21(28(30,31)32)12-22(10-18)29(33,34)35/h8-13,19-20,36H,2-7,14-15H2,1H3,(H,37,40). The average molecular weight is 566 g/mol. The van der Waals surface area contributed by atoms with Crippen LogP contribution in [-0.4, -0.2) is 23.6 Å². The van der Waals surface area contributed by atoms with Gasteiger partial charge in [0.05, 0.1) is 23.2 Å². The van der Waals surface area contributed by atoms with E-state index in [1.54, 1.807) is 6.07 Å². The Morgan fingerprint density at radius 3 is 2.10 bits per heavy atom. The zero-order valence-electron chi connectivity index (χ0n) is 21.8. The molecule has 1 aliphatic heterocycles. The highest BCUT2D eigenvalue weighted by Gasteiger charge is 2.37. The van der Waals surface area contributed by atoms with Crippen LogP contribution in [-0.2, 0) is 30.2 Å². The molecule has 0 spiro atoms. The van der Waals surface area contributed by atoms with Crippen molar-refractivity contribution in [2.45, 2.75) is 64.0 Å². The van der Waals surface area contributed by atoms with Gasteiger partial charge < -0.3 is 15.2 Å². The molecule has 1 amide bonds. The zero-order valence-corrected chi connectivity index (χ0v) is 21.8. The number of hydrogen-bond donors (Lipinski definition) is 2. The smallest absolute Gasteiger partial charge is 0.352 e. The molecule has 214 valence electrons. The predicted octanol–water partition coefficient (Wildman–Crippen LogP) is 5.89. The fourth-order valence-corrected chi connectivity index (χ4v) is 5.52. The Bertz CT molecular complexity index is 1470. The molecule has 1 saturated heterocycles. The fourth-order valence-electron chi connectivity index (χ4n) is 5.52. The molecule has 1 aliphatic carbocycles. The lowest BCUT2D eigenvalue weighted by molar-refractivity contribution is -0.143. The van der Waals surface area contributed by atoms with Crippen LogP contribution < -0.4 is 16.2 Å². The van der Waals surface area contributed by atoms with Gasteiger partial charge >= 0.3 is 12.4 Å². The Morgan fingerprint density at radius 1 is 0.900 bits per heavy atom. The number of piperidine rings is 1. The SMILES string of the molecule is Cc1cc(CNC(=O)C2CCNCC2)cc2c1c(C1CC1)cc(=O)n2Cc1cc(C(F)(F)F)cc(C(F)(F)F)c1. The molecule has 0 bridgehead atoms. The van der Waals surface area contributed by atoms with E-state index >= 15 is 0 Å². The number of fused-ring (bicyclic) bond motifs is 1. The van der Waals surface area contributed by atoms with Gasteiger partial charge in [0.1, 0.15) is 0 Å². The lowest BCUT2D eigenvalue weighted by Gasteiger charge is -2.22. The van der Waals surface area contributed by atoms with Gasteiger partial charge in [0.15, 0.2) is 0 Å². The summed E-state index contributed by atoms with van der Waals surface area (Å²) in [6, 6.07) is 6.43. The number of nitrogens with zero attached hydrogens (tertiary/aromatic N) is 1. The van der Waals surface area contributed by atoms with E-state index in [4.69, 9.17) is 0 Å². The highest BCUT2D eigenvalue weighted by atomic mass is 19.4. The summed E-state index contributed by atoms with van der Waals surface area (Å²) in [6.45, 7) is 3.08. The Hall–Kier alpha value is -3.34. The van der Waals surface area contributed by atoms with Crippen molar-refractivity contribution in [3.05, 3.63) is 80.1 Å². The lowest BCUT2D eigenvalue weighted by Crippen LogP contribution is -2.37. The lowest BCUT2D eigenvalue weighted by atomic mass is 9.96. The first-order valence-corrected chi connectivity index (χ1v) is 13.2. The molecule has 1 saturated carbocycles. The number of nitrogens with one attached hydrogen (secondary N) is 2. The van der Waals surface area contributed by atoms with Gasteiger partial charge in [-0.1, -0.05) is 6.07 Å². The number of aryl methyl sites for hydroxylation is 1. The molecule has 5 rings (SSSR count). The third-order valence-corrected chi connectivity index (χ3v) is 7.68. The minimum absolute atomic E-state index is 0.0768. The monoisotopic (exact) mass is 565 g/mol. The van der Waals surface area contributed by atoms with Crippen molar-refractivity contribution >= 4 is 16.8 Å². The molecule has 0 radical (unpaired) electrons. The summed E-state index contributed by atoms with van der Waals surface area (Å²) in [6.07, 6.45) is -6.73. The van der Waals surface area contributed by atoms with Gasteiger partial charge in [0, 0.05) is 23.9 Å². The first kappa shape index (κ1) is 28.2. The number of carbonyl (C=O) groups excluding carboxylic acids is 1. The Labute approximate surface area is 226 Å². The van der Waals surface area contributed by atoms with E-state index < -0.39 is 35.6 Å². The summed E-state index contributed by atoms with van der Waals surface area (Å²) in [5.74, 6) is -0.00221. The van der Waals surface area contributed by atoms with Gasteiger partial charge in [0.25, 0.3) is 5.56 Å². The van der Waals surface area contributed by atoms with Crippen molar-refractivity contribution in [3.63, 3.8) is 0 Å². The molecule has 2 fully saturated rings. The fraction of sp³-hybridized carbons (Fsp3) is 0.448. The molecular weight excluding hydrogens is 536 g/mol. The maximum absolute atomic E-state index is 13.5. The van der Waals surface area contributed by atoms with Crippen molar-refractivity contribution in [2.24, 2.45) is 5.92 Å². The van der Waals surface area contributed by atoms with Crippen LogP contribution in [0.15, 0.2) is 41.2 Å². The summed E-state index contributed by atoms with van der Waals surface area (Å²) in [5, 5.41) is 6.91. The average Bonchev–Trinajstić information content (AvgIpc) is 3.73. The summed E-state index contributed by atoms with van der Waals surface area (Å²) >= 11 is 0. The maximum atomic E-state index is 13.5. The number of alkyl halides is 6. The topological polar surface area (TPSA) is 63.1 Å². The van der Waals surface area contributed by atoms with Gasteiger partial charge in [0.2, 0.25) is 5.91 Å². The van der Waals surface area contributed by atoms with Gasteiger partial charge in [-0.15, -0.1) is 0 Å². The second-order valence-electron chi connectivity index (χ2n) is 10.8. The van der Waals surface area contributed by atoms with Gasteiger partial charge in [-0.3, -0.25) is 9.59 Å². The normalized spacial score (nSPS) is 16.9. The number of carbonyl (C=O) groups is 1. The summed E-state index contributed by atoms with van der Waals surface area (Å²) < 4.78 is 82.1. The Morgan fingerprint density at radius 2 is 1.52 bits per heavy atom. The van der Waals surface area contributed by atoms with Gasteiger partial charge in [-0.2, -0.15) is 26.3 Å². The van der Waals surface area contributed by atoms with Crippen molar-refractivity contribution in [3.8, 4) is 0 Å². The first-order valence-electron chi connectivity index (χ1n) is 13.2. The number of pyridine rings is 1. The predicted molar refractivity (Wildman–Crippen MR) is 138 cm³/mol. The highest BCUT2D eigenvalue weighted by molar-refractivity contribution is 5.88. The van der Waals surface area contributed by atoms with Crippen LogP contribution in [0, 0.1) is 12.8 Å². The molecule has 2 aliphatic rings. The first-order chi connectivity index (χ1) is 18.8. The molecule has 11 heteroatoms. The van der Waals surface area contributed by atoms with Crippen LogP contribution in [0.5, 0.6) is 0 Å². The van der Waals surface area contributed by atoms with Crippen LogP contribution in [0.4, 0.5) is 26.3 Å². The van der Waals surface area contributed by atoms with Crippen molar-refractivity contribution in [1.82, 2.24) is 15.2 Å². The van der Waals surface area contributed by atoms with Crippen molar-refractivity contribution in [2.75, 3.05) is 13.1 Å². The number of aromatic nitrogens is 1. The minimum atomic E-state index is -4.99. The largest absolute Gasteiger partial charge is 0.416 e. The number of amides is 1. The van der Waals surface area contributed by atoms with Crippen LogP contribution >= 0.6 is 0 Å². The highest BCUT2D eigenvalue weighted by Crippen LogP contribution is 2.43. The van der Waals surface area contributed by atoms with E-state index in [0.717, 1.165) is 55.3 Å². The quantitative estimate of drug-likeness (QED) is 0.367. The van der Waals surface area contributed by atoms with Crippen molar-refractivity contribution in [1.29, 1.82) is 0 Å². The summed E-state index contributed by atoms with van der Waals surface area (Å²) in [7, 11) is 0. The van der Waals surface area contributed by atoms with E-state index in [1.807, 2.05) is 13.0 Å². The molecule has 2 aromatic carbocycles. The number of hydrogen-bond acceptors (Lipinski definition) is 3. The van der Waals surface area contributed by atoms with Crippen LogP contribution in [0.25, 0.3) is 10.9 Å². The number of benzene rings is 2. The van der Waals surface area contributed by atoms with E-state index in [0.29, 0.717) is 23.2 Å². The third kappa shape index (κ3) is 6.04. The van der Waals surface area contributed by atoms with E-state index in [-0.39, 0.29) is 35.9 Å². The Balaban J connectivity index is 1.56. The number of rotatable bonds is 6.